The average molecular weight is 484 g/mol. The first-order chi connectivity index (χ1) is 15.8. The van der Waals surface area contributed by atoms with Gasteiger partial charge >= 0.3 is 5.97 Å². The van der Waals surface area contributed by atoms with E-state index in [1.165, 1.54) is 16.7 Å². The van der Waals surface area contributed by atoms with Gasteiger partial charge in [-0.2, -0.15) is 0 Å². The normalized spacial score (nSPS) is 15.7. The number of nitro groups is 1. The van der Waals surface area contributed by atoms with Crippen LogP contribution in [0, 0.1) is 10.1 Å². The van der Waals surface area contributed by atoms with Gasteiger partial charge in [0.1, 0.15) is 6.04 Å². The van der Waals surface area contributed by atoms with E-state index in [1.807, 2.05) is 0 Å². The molecule has 1 atom stereocenters. The summed E-state index contributed by atoms with van der Waals surface area (Å²) in [5.74, 6) is -0.586. The summed E-state index contributed by atoms with van der Waals surface area (Å²) < 4.78 is 6.89. The number of carbonyl (C=O) groups excluding carboxylic acids is 1. The first kappa shape index (κ1) is 22.6. The maximum absolute atomic E-state index is 13.5. The molecule has 0 bridgehead atoms. The Kier molecular flexibility index (Phi) is 6.26. The molecule has 8 nitrogen and oxygen atoms in total. The largest absolute Gasteiger partial charge is 0.463 e. The molecule has 168 valence electrons. The van der Waals surface area contributed by atoms with Crippen LogP contribution in [-0.2, 0) is 9.53 Å². The van der Waals surface area contributed by atoms with Gasteiger partial charge in [-0.3, -0.25) is 19.5 Å². The molecule has 0 amide bonds. The number of hydrogen-bond donors (Lipinski definition) is 0. The minimum absolute atomic E-state index is 0.116. The molecule has 2 heterocycles. The third-order valence-electron chi connectivity index (χ3n) is 5.14. The summed E-state index contributed by atoms with van der Waals surface area (Å²) in [6.07, 6.45) is 1.47. The Labute approximate surface area is 196 Å². The number of esters is 1. The zero-order chi connectivity index (χ0) is 23.7. The molecule has 1 unspecified atom stereocenters. The fraction of sp³-hybridized carbons (Fsp3) is 0.174. The molecule has 0 radical (unpaired) electrons. The Morgan fingerprint density at radius 2 is 1.97 bits per heavy atom. The topological polar surface area (TPSA) is 104 Å². The summed E-state index contributed by atoms with van der Waals surface area (Å²) in [7, 11) is 0. The Hall–Kier alpha value is -3.56. The van der Waals surface area contributed by atoms with Crippen molar-refractivity contribution in [2.75, 3.05) is 6.61 Å². The fourth-order valence-corrected chi connectivity index (χ4v) is 4.98. The molecule has 0 spiro atoms. The summed E-state index contributed by atoms with van der Waals surface area (Å²) in [4.78, 5) is 42.1. The molecule has 1 aliphatic rings. The van der Waals surface area contributed by atoms with Crippen LogP contribution in [0.1, 0.15) is 31.0 Å². The number of fused-ring (bicyclic) bond motifs is 1. The molecule has 1 aliphatic heterocycles. The molecule has 1 aromatic heterocycles. The van der Waals surface area contributed by atoms with Crippen molar-refractivity contribution in [3.05, 3.63) is 106 Å². The molecule has 3 aromatic rings. The van der Waals surface area contributed by atoms with Crippen molar-refractivity contribution in [3.8, 4) is 0 Å². The monoisotopic (exact) mass is 483 g/mol. The van der Waals surface area contributed by atoms with Crippen LogP contribution >= 0.6 is 22.9 Å². The molecule has 0 saturated heterocycles. The van der Waals surface area contributed by atoms with Gasteiger partial charge in [0, 0.05) is 11.1 Å². The van der Waals surface area contributed by atoms with Crippen LogP contribution in [0.3, 0.4) is 0 Å². The van der Waals surface area contributed by atoms with Gasteiger partial charge < -0.3 is 4.74 Å². The van der Waals surface area contributed by atoms with Crippen molar-refractivity contribution in [1.82, 2.24) is 4.57 Å². The standard InChI is InChI=1S/C23H18ClN3O5S/c1-3-32-22(29)19-13(2)25-23-26(20(19)15-9-5-6-10-16(15)24)21(28)18(33-23)12-14-8-4-7-11-17(14)27(30)31/h4-12,20H,3H2,1-2H3. The van der Waals surface area contributed by atoms with Gasteiger partial charge in [0.2, 0.25) is 0 Å². The van der Waals surface area contributed by atoms with E-state index < -0.39 is 22.5 Å². The maximum atomic E-state index is 13.5. The van der Waals surface area contributed by atoms with Crippen LogP contribution in [0.15, 0.2) is 69.6 Å². The van der Waals surface area contributed by atoms with Crippen LogP contribution in [0.5, 0.6) is 0 Å². The van der Waals surface area contributed by atoms with Crippen molar-refractivity contribution >= 4 is 40.7 Å². The Balaban J connectivity index is 2.00. The predicted octanol–water partition coefficient (Wildman–Crippen LogP) is 3.36. The maximum Gasteiger partial charge on any atom is 0.338 e. The fourth-order valence-electron chi connectivity index (χ4n) is 3.70. The van der Waals surface area contributed by atoms with Gasteiger partial charge in [-0.1, -0.05) is 53.3 Å². The Morgan fingerprint density at radius 3 is 2.67 bits per heavy atom. The lowest BCUT2D eigenvalue weighted by Gasteiger charge is -2.25. The minimum atomic E-state index is -0.845. The smallest absolute Gasteiger partial charge is 0.338 e. The van der Waals surface area contributed by atoms with E-state index in [-0.39, 0.29) is 22.4 Å². The van der Waals surface area contributed by atoms with Crippen molar-refractivity contribution in [3.63, 3.8) is 0 Å². The lowest BCUT2D eigenvalue weighted by atomic mass is 9.96. The number of rotatable bonds is 5. The number of ether oxygens (including phenoxy) is 1. The number of thiazole rings is 1. The first-order valence-electron chi connectivity index (χ1n) is 10.0. The highest BCUT2D eigenvalue weighted by molar-refractivity contribution is 7.07. The van der Waals surface area contributed by atoms with Gasteiger partial charge in [0.15, 0.2) is 4.80 Å². The van der Waals surface area contributed by atoms with Gasteiger partial charge in [-0.05, 0) is 37.6 Å². The molecular weight excluding hydrogens is 466 g/mol. The second-order valence-electron chi connectivity index (χ2n) is 7.14. The van der Waals surface area contributed by atoms with Crippen molar-refractivity contribution in [2.24, 2.45) is 4.99 Å². The SMILES string of the molecule is CCOC(=O)C1=C(C)N=c2sc(=Cc3ccccc3[N+](=O)[O-])c(=O)n2C1c1ccccc1Cl. The Bertz CT molecular complexity index is 1490. The number of nitrogens with zero attached hydrogens (tertiary/aromatic N) is 3. The highest BCUT2D eigenvalue weighted by Crippen LogP contribution is 2.34. The quantitative estimate of drug-likeness (QED) is 0.314. The van der Waals surface area contributed by atoms with Crippen LogP contribution in [-0.4, -0.2) is 22.1 Å². The molecule has 4 rings (SSSR count). The highest BCUT2D eigenvalue weighted by atomic mass is 35.5. The van der Waals surface area contributed by atoms with E-state index in [0.717, 1.165) is 11.3 Å². The first-order valence-corrected chi connectivity index (χ1v) is 11.2. The second-order valence-corrected chi connectivity index (χ2v) is 8.56. The van der Waals surface area contributed by atoms with Crippen LogP contribution in [0.25, 0.3) is 6.08 Å². The average Bonchev–Trinajstić information content (AvgIpc) is 3.08. The summed E-state index contributed by atoms with van der Waals surface area (Å²) in [6.45, 7) is 3.53. The lowest BCUT2D eigenvalue weighted by Crippen LogP contribution is -2.40. The van der Waals surface area contributed by atoms with Gasteiger partial charge in [0.25, 0.3) is 11.2 Å². The van der Waals surface area contributed by atoms with Gasteiger partial charge in [-0.25, -0.2) is 9.79 Å². The third-order valence-corrected chi connectivity index (χ3v) is 6.46. The molecule has 0 saturated carbocycles. The minimum Gasteiger partial charge on any atom is -0.463 e. The van der Waals surface area contributed by atoms with E-state index in [2.05, 4.69) is 4.99 Å². The zero-order valence-electron chi connectivity index (χ0n) is 17.6. The number of halogens is 1. The second kappa shape index (κ2) is 9.13. The summed E-state index contributed by atoms with van der Waals surface area (Å²) in [5.41, 5.74) is 0.926. The van der Waals surface area contributed by atoms with Crippen LogP contribution < -0.4 is 14.9 Å². The van der Waals surface area contributed by atoms with Gasteiger partial charge in [0.05, 0.1) is 32.9 Å². The number of para-hydroxylation sites is 1. The van der Waals surface area contributed by atoms with E-state index >= 15 is 0 Å². The van der Waals surface area contributed by atoms with Gasteiger partial charge in [-0.15, -0.1) is 0 Å². The molecule has 0 aliphatic carbocycles. The number of aromatic nitrogens is 1. The summed E-state index contributed by atoms with van der Waals surface area (Å²) in [6, 6.07) is 12.3. The van der Waals surface area contributed by atoms with Crippen LogP contribution in [0.4, 0.5) is 5.69 Å². The third kappa shape index (κ3) is 4.12. The van der Waals surface area contributed by atoms with E-state index in [4.69, 9.17) is 16.3 Å². The van der Waals surface area contributed by atoms with Crippen molar-refractivity contribution in [1.29, 1.82) is 0 Å². The summed E-state index contributed by atoms with van der Waals surface area (Å²) in [5, 5.41) is 11.8. The van der Waals surface area contributed by atoms with Crippen LogP contribution in [0.2, 0.25) is 5.02 Å². The number of hydrogen-bond acceptors (Lipinski definition) is 7. The number of carbonyl (C=O) groups is 1. The van der Waals surface area contributed by atoms with E-state index in [9.17, 15) is 19.7 Å². The van der Waals surface area contributed by atoms with Crippen molar-refractivity contribution in [2.45, 2.75) is 19.9 Å². The molecule has 0 fully saturated rings. The number of allylic oxidation sites excluding steroid dienone is 1. The summed E-state index contributed by atoms with van der Waals surface area (Å²) >= 11 is 7.55. The van der Waals surface area contributed by atoms with E-state index in [1.54, 1.807) is 56.3 Å². The Morgan fingerprint density at radius 1 is 1.27 bits per heavy atom. The molecule has 10 heteroatoms. The molecule has 0 N–H and O–H groups in total. The molecular formula is C23H18ClN3O5S. The lowest BCUT2D eigenvalue weighted by molar-refractivity contribution is -0.385. The number of nitro benzene ring substituents is 1. The van der Waals surface area contributed by atoms with E-state index in [0.29, 0.717) is 26.6 Å². The predicted molar refractivity (Wildman–Crippen MR) is 125 cm³/mol. The number of benzene rings is 2. The molecule has 33 heavy (non-hydrogen) atoms. The van der Waals surface area contributed by atoms with Crippen molar-refractivity contribution < 1.29 is 14.5 Å². The zero-order valence-corrected chi connectivity index (χ0v) is 19.2. The highest BCUT2D eigenvalue weighted by Gasteiger charge is 2.34. The molecule has 2 aromatic carbocycles.